The fraction of sp³-hybridized carbons (Fsp3) is 0.474. The molecule has 2 rings (SSSR count). The molecule has 1 atom stereocenters. The fourth-order valence-corrected chi connectivity index (χ4v) is 3.16. The highest BCUT2D eigenvalue weighted by atomic mass is 16.4. The van der Waals surface area contributed by atoms with E-state index >= 15 is 0 Å². The Balaban J connectivity index is 1.86. The molecule has 0 aromatic heterocycles. The molecule has 1 fully saturated rings. The normalized spacial score (nSPS) is 21.5. The quantitative estimate of drug-likeness (QED) is 0.668. The van der Waals surface area contributed by atoms with Gasteiger partial charge in [-0.05, 0) is 44.1 Å². The number of nitrogens with one attached hydrogen (secondary N) is 2. The highest BCUT2D eigenvalue weighted by Crippen LogP contribution is 2.24. The molecule has 0 radical (unpaired) electrons. The molecule has 24 heavy (non-hydrogen) atoms. The molecule has 1 unspecified atom stereocenters. The summed E-state index contributed by atoms with van der Waals surface area (Å²) in [5.74, 6) is -0.998. The van der Waals surface area contributed by atoms with E-state index in [-0.39, 0.29) is 24.0 Å². The van der Waals surface area contributed by atoms with Gasteiger partial charge in [-0.15, -0.1) is 6.58 Å². The third kappa shape index (κ3) is 5.41. The van der Waals surface area contributed by atoms with E-state index in [0.717, 1.165) is 18.4 Å². The van der Waals surface area contributed by atoms with Crippen molar-refractivity contribution in [3.8, 4) is 0 Å². The van der Waals surface area contributed by atoms with Gasteiger partial charge in [-0.2, -0.15) is 0 Å². The Morgan fingerprint density at radius 1 is 1.21 bits per heavy atom. The number of carboxylic acid groups (broad SMARTS) is 1. The van der Waals surface area contributed by atoms with Gasteiger partial charge in [0.05, 0.1) is 12.0 Å². The van der Waals surface area contributed by atoms with E-state index in [1.165, 1.54) is 0 Å². The number of allylic oxidation sites excluding steroid dienone is 1. The first-order valence-electron chi connectivity index (χ1n) is 8.55. The maximum absolute atomic E-state index is 12.3. The van der Waals surface area contributed by atoms with Crippen molar-refractivity contribution < 1.29 is 14.7 Å². The third-order valence-corrected chi connectivity index (χ3v) is 4.58. The van der Waals surface area contributed by atoms with Crippen LogP contribution in [0.1, 0.15) is 50.1 Å². The zero-order valence-corrected chi connectivity index (χ0v) is 13.9. The summed E-state index contributed by atoms with van der Waals surface area (Å²) >= 11 is 0. The summed E-state index contributed by atoms with van der Waals surface area (Å²) in [5.41, 5.74) is 1.07. The summed E-state index contributed by atoms with van der Waals surface area (Å²) in [4.78, 5) is 23.3. The smallest absolute Gasteiger partial charge is 0.315 e. The minimum absolute atomic E-state index is 0.0522. The van der Waals surface area contributed by atoms with Gasteiger partial charge in [0.15, 0.2) is 0 Å². The van der Waals surface area contributed by atoms with Crippen molar-refractivity contribution in [2.45, 2.75) is 50.6 Å². The van der Waals surface area contributed by atoms with Crippen molar-refractivity contribution in [1.82, 2.24) is 10.6 Å². The van der Waals surface area contributed by atoms with Crippen molar-refractivity contribution in [3.05, 3.63) is 48.6 Å². The molecular formula is C19H26N2O3. The molecule has 0 saturated heterocycles. The number of benzene rings is 1. The van der Waals surface area contributed by atoms with Gasteiger partial charge in [-0.25, -0.2) is 4.79 Å². The SMILES string of the molecule is C=CCCC(NC(=O)NC1CCC(C(=O)O)CC1)c1ccccc1. The Kier molecular flexibility index (Phi) is 6.85. The van der Waals surface area contributed by atoms with Crippen LogP contribution in [0.15, 0.2) is 43.0 Å². The van der Waals surface area contributed by atoms with Crippen LogP contribution in [0.5, 0.6) is 0 Å². The molecule has 1 aliphatic carbocycles. The highest BCUT2D eigenvalue weighted by molar-refractivity contribution is 5.75. The number of urea groups is 1. The standard InChI is InChI=1S/C19H26N2O3/c1-2-3-9-17(14-7-5-4-6-8-14)21-19(24)20-16-12-10-15(11-13-16)18(22)23/h2,4-8,15-17H,1,3,9-13H2,(H,22,23)(H2,20,21,24). The molecule has 0 bridgehead atoms. The first kappa shape index (κ1) is 18.0. The predicted molar refractivity (Wildman–Crippen MR) is 93.7 cm³/mol. The van der Waals surface area contributed by atoms with Gasteiger partial charge in [0.2, 0.25) is 0 Å². The van der Waals surface area contributed by atoms with Gasteiger partial charge in [-0.3, -0.25) is 4.79 Å². The Bertz CT molecular complexity index is 551. The maximum atomic E-state index is 12.3. The number of hydrogen-bond donors (Lipinski definition) is 3. The molecule has 1 saturated carbocycles. The Hall–Kier alpha value is -2.30. The summed E-state index contributed by atoms with van der Waals surface area (Å²) in [6.45, 7) is 3.74. The van der Waals surface area contributed by atoms with Crippen LogP contribution in [0, 0.1) is 5.92 Å². The molecule has 3 N–H and O–H groups in total. The van der Waals surface area contributed by atoms with Crippen LogP contribution in [-0.4, -0.2) is 23.1 Å². The van der Waals surface area contributed by atoms with Gasteiger partial charge >= 0.3 is 12.0 Å². The lowest BCUT2D eigenvalue weighted by molar-refractivity contribution is -0.142. The number of carbonyl (C=O) groups excluding carboxylic acids is 1. The summed E-state index contributed by atoms with van der Waals surface area (Å²) in [5, 5.41) is 15.0. The van der Waals surface area contributed by atoms with Crippen molar-refractivity contribution in [2.75, 3.05) is 0 Å². The fourth-order valence-electron chi connectivity index (χ4n) is 3.16. The Labute approximate surface area is 143 Å². The van der Waals surface area contributed by atoms with Gasteiger partial charge in [0.25, 0.3) is 0 Å². The van der Waals surface area contributed by atoms with Crippen molar-refractivity contribution in [2.24, 2.45) is 5.92 Å². The lowest BCUT2D eigenvalue weighted by Crippen LogP contribution is -2.45. The molecule has 5 heteroatoms. The van der Waals surface area contributed by atoms with Crippen LogP contribution < -0.4 is 10.6 Å². The molecule has 0 aliphatic heterocycles. The molecule has 0 heterocycles. The lowest BCUT2D eigenvalue weighted by atomic mass is 9.86. The average Bonchev–Trinajstić information content (AvgIpc) is 2.59. The molecule has 2 amide bonds. The number of hydrogen-bond acceptors (Lipinski definition) is 2. The minimum Gasteiger partial charge on any atom is -0.481 e. The Morgan fingerprint density at radius 3 is 2.46 bits per heavy atom. The van der Waals surface area contributed by atoms with E-state index in [9.17, 15) is 9.59 Å². The van der Waals surface area contributed by atoms with Gasteiger partial charge in [-0.1, -0.05) is 36.4 Å². The first-order chi connectivity index (χ1) is 11.6. The van der Waals surface area contributed by atoms with Crippen LogP contribution in [0.2, 0.25) is 0 Å². The molecule has 0 spiro atoms. The van der Waals surface area contributed by atoms with Crippen LogP contribution >= 0.6 is 0 Å². The number of carbonyl (C=O) groups is 2. The van der Waals surface area contributed by atoms with Gasteiger partial charge in [0, 0.05) is 6.04 Å². The first-order valence-corrected chi connectivity index (χ1v) is 8.55. The highest BCUT2D eigenvalue weighted by Gasteiger charge is 2.27. The molecule has 1 aromatic carbocycles. The van der Waals surface area contributed by atoms with Crippen LogP contribution in [0.3, 0.4) is 0 Å². The number of rotatable bonds is 7. The maximum Gasteiger partial charge on any atom is 0.315 e. The number of carboxylic acids is 1. The predicted octanol–water partition coefficient (Wildman–Crippen LogP) is 3.64. The van der Waals surface area contributed by atoms with E-state index in [2.05, 4.69) is 17.2 Å². The van der Waals surface area contributed by atoms with Gasteiger partial charge in [0.1, 0.15) is 0 Å². The van der Waals surface area contributed by atoms with E-state index < -0.39 is 5.97 Å². The second-order valence-electron chi connectivity index (χ2n) is 6.33. The third-order valence-electron chi connectivity index (χ3n) is 4.58. The average molecular weight is 330 g/mol. The topological polar surface area (TPSA) is 78.4 Å². The molecule has 1 aliphatic rings. The molecule has 130 valence electrons. The van der Waals surface area contributed by atoms with Crippen LogP contribution in [0.25, 0.3) is 0 Å². The van der Waals surface area contributed by atoms with E-state index in [0.29, 0.717) is 25.7 Å². The van der Waals surface area contributed by atoms with Gasteiger partial charge < -0.3 is 15.7 Å². The minimum atomic E-state index is -0.730. The summed E-state index contributed by atoms with van der Waals surface area (Å²) in [6, 6.07) is 9.70. The number of amides is 2. The van der Waals surface area contributed by atoms with E-state index in [1.54, 1.807) is 0 Å². The molecular weight excluding hydrogens is 304 g/mol. The molecule has 1 aromatic rings. The largest absolute Gasteiger partial charge is 0.481 e. The Morgan fingerprint density at radius 2 is 1.88 bits per heavy atom. The van der Waals surface area contributed by atoms with Crippen molar-refractivity contribution in [3.63, 3.8) is 0 Å². The zero-order chi connectivity index (χ0) is 17.4. The zero-order valence-electron chi connectivity index (χ0n) is 13.9. The van der Waals surface area contributed by atoms with Crippen LogP contribution in [0.4, 0.5) is 4.79 Å². The molecule has 5 nitrogen and oxygen atoms in total. The summed E-state index contributed by atoms with van der Waals surface area (Å²) in [7, 11) is 0. The lowest BCUT2D eigenvalue weighted by Gasteiger charge is -2.28. The summed E-state index contributed by atoms with van der Waals surface area (Å²) in [6.07, 6.45) is 6.15. The van der Waals surface area contributed by atoms with Crippen molar-refractivity contribution in [1.29, 1.82) is 0 Å². The van der Waals surface area contributed by atoms with Crippen molar-refractivity contribution >= 4 is 12.0 Å². The number of aliphatic carboxylic acids is 1. The van der Waals surface area contributed by atoms with E-state index in [1.807, 2.05) is 36.4 Å². The second-order valence-corrected chi connectivity index (χ2v) is 6.33. The summed E-state index contributed by atoms with van der Waals surface area (Å²) < 4.78 is 0. The van der Waals surface area contributed by atoms with Crippen LogP contribution in [-0.2, 0) is 4.79 Å². The van der Waals surface area contributed by atoms with E-state index in [4.69, 9.17) is 5.11 Å². The second kappa shape index (κ2) is 9.11. The monoisotopic (exact) mass is 330 g/mol.